The quantitative estimate of drug-likeness (QED) is 0.268. The molecule has 0 aliphatic carbocycles. The van der Waals surface area contributed by atoms with Crippen LogP contribution < -0.4 is 30.2 Å². The number of aryl methyl sites for hydroxylation is 1. The number of nitrogens with one attached hydrogen (secondary N) is 3. The molecule has 0 aliphatic rings. The van der Waals surface area contributed by atoms with Crippen LogP contribution in [0.4, 0.5) is 22.9 Å². The molecule has 0 spiro atoms. The van der Waals surface area contributed by atoms with Gasteiger partial charge in [0.05, 0.1) is 32.7 Å². The Morgan fingerprint density at radius 3 is 2.37 bits per heavy atom. The minimum Gasteiger partial charge on any atom is -0.493 e. The minimum atomic E-state index is -0.0363. The lowest BCUT2D eigenvalue weighted by Crippen LogP contribution is -2.12. The first-order valence-electron chi connectivity index (χ1n) is 11.3. The van der Waals surface area contributed by atoms with Crippen LogP contribution in [0.25, 0.3) is 0 Å². The number of carbonyl (C=O) groups excluding carboxylic acids is 1. The van der Waals surface area contributed by atoms with Crippen molar-refractivity contribution in [1.29, 1.82) is 0 Å². The molecule has 0 unspecified atom stereocenters. The van der Waals surface area contributed by atoms with Crippen LogP contribution in [0, 0.1) is 0 Å². The highest BCUT2D eigenvalue weighted by Crippen LogP contribution is 2.40. The molecule has 3 N–H and O–H groups in total. The molecule has 0 radical (unpaired) electrons. The van der Waals surface area contributed by atoms with E-state index in [4.69, 9.17) is 25.8 Å². The van der Waals surface area contributed by atoms with E-state index >= 15 is 0 Å². The number of rotatable bonds is 12. The van der Waals surface area contributed by atoms with Gasteiger partial charge >= 0.3 is 0 Å². The van der Waals surface area contributed by atoms with Crippen LogP contribution in [0.5, 0.6) is 17.2 Å². The Morgan fingerprint density at radius 2 is 1.71 bits per heavy atom. The van der Waals surface area contributed by atoms with E-state index < -0.39 is 0 Å². The summed E-state index contributed by atoms with van der Waals surface area (Å²) in [6.07, 6.45) is 4.51. The van der Waals surface area contributed by atoms with Crippen molar-refractivity contribution in [2.45, 2.75) is 25.7 Å². The van der Waals surface area contributed by atoms with Gasteiger partial charge in [0, 0.05) is 42.5 Å². The fourth-order valence-electron chi connectivity index (χ4n) is 3.69. The maximum atomic E-state index is 12.4. The lowest BCUT2D eigenvalue weighted by Gasteiger charge is -2.16. The molecule has 2 aromatic carbocycles. The van der Waals surface area contributed by atoms with Gasteiger partial charge in [-0.05, 0) is 49.1 Å². The predicted molar refractivity (Wildman–Crippen MR) is 141 cm³/mol. The minimum absolute atomic E-state index is 0.0363. The van der Waals surface area contributed by atoms with Gasteiger partial charge < -0.3 is 30.2 Å². The van der Waals surface area contributed by atoms with Gasteiger partial charge in [0.2, 0.25) is 11.7 Å². The van der Waals surface area contributed by atoms with Crippen molar-refractivity contribution in [3.63, 3.8) is 0 Å². The number of amides is 1. The number of hydrogen-bond donors (Lipinski definition) is 3. The first-order valence-corrected chi connectivity index (χ1v) is 11.6. The molecule has 1 heterocycles. The molecule has 0 atom stereocenters. The molecule has 3 rings (SSSR count). The van der Waals surface area contributed by atoms with Crippen LogP contribution in [0.15, 0.2) is 48.7 Å². The van der Waals surface area contributed by atoms with Crippen LogP contribution in [0.2, 0.25) is 5.02 Å². The number of ether oxygens (including phenoxy) is 3. The number of halogens is 1. The van der Waals surface area contributed by atoms with Gasteiger partial charge in [0.1, 0.15) is 5.82 Å². The van der Waals surface area contributed by atoms with E-state index in [0.29, 0.717) is 34.4 Å². The van der Waals surface area contributed by atoms with Crippen LogP contribution in [-0.2, 0) is 11.2 Å². The number of unbranched alkanes of at least 4 members (excludes halogenated alkanes) is 1. The van der Waals surface area contributed by atoms with Crippen molar-refractivity contribution in [1.82, 2.24) is 4.98 Å². The van der Waals surface area contributed by atoms with Gasteiger partial charge in [-0.15, -0.1) is 0 Å². The molecular weight excluding hydrogens is 468 g/mol. The van der Waals surface area contributed by atoms with Crippen molar-refractivity contribution in [2.24, 2.45) is 0 Å². The van der Waals surface area contributed by atoms with Crippen LogP contribution in [-0.4, -0.2) is 39.3 Å². The summed E-state index contributed by atoms with van der Waals surface area (Å²) in [7, 11) is 6.52. The summed E-state index contributed by atoms with van der Waals surface area (Å²) in [5.74, 6) is 2.34. The van der Waals surface area contributed by atoms with Crippen molar-refractivity contribution >= 4 is 40.4 Å². The van der Waals surface area contributed by atoms with E-state index in [0.717, 1.165) is 42.0 Å². The second-order valence-electron chi connectivity index (χ2n) is 7.75. The normalized spacial score (nSPS) is 10.4. The molecule has 8 nitrogen and oxygen atoms in total. The molecule has 35 heavy (non-hydrogen) atoms. The van der Waals surface area contributed by atoms with Crippen LogP contribution in [0.1, 0.15) is 24.8 Å². The molecule has 9 heteroatoms. The Labute approximate surface area is 211 Å². The van der Waals surface area contributed by atoms with Crippen LogP contribution in [0.3, 0.4) is 0 Å². The van der Waals surface area contributed by atoms with Gasteiger partial charge in [-0.25, -0.2) is 4.98 Å². The van der Waals surface area contributed by atoms with E-state index in [9.17, 15) is 4.79 Å². The summed E-state index contributed by atoms with van der Waals surface area (Å²) in [5, 5.41) is 9.95. The summed E-state index contributed by atoms with van der Waals surface area (Å²) in [5.41, 5.74) is 3.31. The summed E-state index contributed by atoms with van der Waals surface area (Å²) >= 11 is 6.02. The Kier molecular flexibility index (Phi) is 9.43. The monoisotopic (exact) mass is 498 g/mol. The molecule has 186 valence electrons. The molecule has 0 saturated heterocycles. The SMILES string of the molecule is CNc1cc(Cl)ccc1NC(=O)CCCCc1cccnc1Nc1cc(OC)c(OC)c(OC)c1. The number of nitrogens with zero attached hydrogens (tertiary/aromatic N) is 1. The lowest BCUT2D eigenvalue weighted by atomic mass is 10.1. The number of carbonyl (C=O) groups is 1. The van der Waals surface area contributed by atoms with Gasteiger partial charge in [0.15, 0.2) is 11.5 Å². The summed E-state index contributed by atoms with van der Waals surface area (Å²) in [6.45, 7) is 0. The Morgan fingerprint density at radius 1 is 0.971 bits per heavy atom. The van der Waals surface area contributed by atoms with Gasteiger partial charge in [-0.2, -0.15) is 0 Å². The third-order valence-electron chi connectivity index (χ3n) is 5.44. The molecule has 0 fully saturated rings. The maximum Gasteiger partial charge on any atom is 0.224 e. The molecular formula is C26H31ClN4O4. The fraction of sp³-hybridized carbons (Fsp3) is 0.308. The third-order valence-corrected chi connectivity index (χ3v) is 5.68. The molecule has 1 aromatic heterocycles. The summed E-state index contributed by atoms with van der Waals surface area (Å²) in [4.78, 5) is 16.9. The predicted octanol–water partition coefficient (Wildman–Crippen LogP) is 5.90. The highest BCUT2D eigenvalue weighted by atomic mass is 35.5. The average molecular weight is 499 g/mol. The van der Waals surface area contributed by atoms with Gasteiger partial charge in [0.25, 0.3) is 0 Å². The number of pyridine rings is 1. The Bertz CT molecular complexity index is 1130. The van der Waals surface area contributed by atoms with Gasteiger partial charge in [-0.3, -0.25) is 4.79 Å². The number of anilines is 4. The highest BCUT2D eigenvalue weighted by Gasteiger charge is 2.14. The van der Waals surface area contributed by atoms with Crippen molar-refractivity contribution in [3.8, 4) is 17.2 Å². The number of methoxy groups -OCH3 is 3. The topological polar surface area (TPSA) is 93.7 Å². The molecule has 0 aliphatic heterocycles. The second-order valence-corrected chi connectivity index (χ2v) is 8.18. The lowest BCUT2D eigenvalue weighted by molar-refractivity contribution is -0.116. The zero-order valence-electron chi connectivity index (χ0n) is 20.4. The fourth-order valence-corrected chi connectivity index (χ4v) is 3.86. The zero-order valence-corrected chi connectivity index (χ0v) is 21.2. The molecule has 3 aromatic rings. The average Bonchev–Trinajstić information content (AvgIpc) is 2.87. The second kappa shape index (κ2) is 12.7. The smallest absolute Gasteiger partial charge is 0.224 e. The van der Waals surface area contributed by atoms with E-state index in [1.54, 1.807) is 52.8 Å². The molecule has 0 bridgehead atoms. The van der Waals surface area contributed by atoms with E-state index in [2.05, 4.69) is 20.9 Å². The van der Waals surface area contributed by atoms with Crippen molar-refractivity contribution < 1.29 is 19.0 Å². The maximum absolute atomic E-state index is 12.4. The number of aromatic nitrogens is 1. The summed E-state index contributed by atoms with van der Waals surface area (Å²) in [6, 6.07) is 12.9. The van der Waals surface area contributed by atoms with E-state index in [-0.39, 0.29) is 5.91 Å². The summed E-state index contributed by atoms with van der Waals surface area (Å²) < 4.78 is 16.3. The largest absolute Gasteiger partial charge is 0.493 e. The first-order chi connectivity index (χ1) is 17.0. The number of hydrogen-bond acceptors (Lipinski definition) is 7. The highest BCUT2D eigenvalue weighted by molar-refractivity contribution is 6.31. The van der Waals surface area contributed by atoms with Gasteiger partial charge in [-0.1, -0.05) is 17.7 Å². The van der Waals surface area contributed by atoms with Crippen molar-refractivity contribution in [2.75, 3.05) is 44.3 Å². The zero-order chi connectivity index (χ0) is 25.2. The Balaban J connectivity index is 1.59. The van der Waals surface area contributed by atoms with E-state index in [1.165, 1.54) is 0 Å². The molecule has 1 amide bonds. The molecule has 0 saturated carbocycles. The Hall–Kier alpha value is -3.65. The van der Waals surface area contributed by atoms with Crippen molar-refractivity contribution in [3.05, 3.63) is 59.2 Å². The number of benzene rings is 2. The third kappa shape index (κ3) is 6.93. The standard InChI is InChI=1S/C26H31ClN4O4/c1-28-21-14-18(27)11-12-20(21)31-24(32)10-6-5-8-17-9-7-13-29-26(17)30-19-15-22(33-2)25(35-4)23(16-19)34-3/h7,9,11-16,28H,5-6,8,10H2,1-4H3,(H,29,30)(H,31,32). The van der Waals surface area contributed by atoms with Crippen LogP contribution >= 0.6 is 11.6 Å². The first kappa shape index (κ1) is 26.0. The van der Waals surface area contributed by atoms with E-state index in [1.807, 2.05) is 24.3 Å².